The molecule has 0 spiro atoms. The lowest BCUT2D eigenvalue weighted by atomic mass is 10.0. The molecule has 3 heterocycles. The second kappa shape index (κ2) is 4.78. The minimum atomic E-state index is 0.705. The Labute approximate surface area is 103 Å². The van der Waals surface area contributed by atoms with Crippen molar-refractivity contribution in [3.63, 3.8) is 0 Å². The molecule has 0 aromatic carbocycles. The van der Waals surface area contributed by atoms with Crippen molar-refractivity contribution < 1.29 is 0 Å². The number of aromatic nitrogens is 2. The summed E-state index contributed by atoms with van der Waals surface area (Å²) in [5, 5.41) is 3.38. The summed E-state index contributed by atoms with van der Waals surface area (Å²) < 4.78 is 2.39. The fraction of sp³-hybridized carbons (Fsp3) is 0.769. The van der Waals surface area contributed by atoms with Crippen LogP contribution in [0.2, 0.25) is 0 Å². The van der Waals surface area contributed by atoms with Gasteiger partial charge in [0.15, 0.2) is 0 Å². The average Bonchev–Trinajstić information content (AvgIpc) is 2.76. The number of rotatable bonds is 2. The van der Waals surface area contributed by atoms with Gasteiger partial charge in [-0.1, -0.05) is 6.42 Å². The summed E-state index contributed by atoms with van der Waals surface area (Å²) in [4.78, 5) is 7.04. The highest BCUT2D eigenvalue weighted by atomic mass is 15.2. The van der Waals surface area contributed by atoms with Gasteiger partial charge in [0.25, 0.3) is 0 Å². The van der Waals surface area contributed by atoms with Crippen LogP contribution in [-0.2, 0) is 19.5 Å². The van der Waals surface area contributed by atoms with Crippen molar-refractivity contribution in [1.82, 2.24) is 19.8 Å². The highest BCUT2D eigenvalue weighted by Crippen LogP contribution is 2.19. The maximum absolute atomic E-state index is 4.53. The number of likely N-dealkylation sites (tertiary alicyclic amines) is 1. The summed E-state index contributed by atoms with van der Waals surface area (Å²) in [6.07, 6.45) is 7.25. The molecule has 1 atom stereocenters. The number of likely N-dealkylation sites (N-methyl/N-ethyl adjacent to an activating group) is 1. The summed E-state index contributed by atoms with van der Waals surface area (Å²) >= 11 is 0. The smallest absolute Gasteiger partial charge is 0.0952 e. The minimum Gasteiger partial charge on any atom is -0.333 e. The number of piperidine rings is 1. The maximum atomic E-state index is 4.53. The first kappa shape index (κ1) is 11.2. The molecular formula is C13H22N4. The fourth-order valence-corrected chi connectivity index (χ4v) is 3.06. The highest BCUT2D eigenvalue weighted by molar-refractivity contribution is 5.16. The molecule has 0 amide bonds. The Balaban J connectivity index is 1.73. The van der Waals surface area contributed by atoms with E-state index in [1.54, 1.807) is 0 Å². The van der Waals surface area contributed by atoms with E-state index in [0.29, 0.717) is 6.04 Å². The Morgan fingerprint density at radius 2 is 2.41 bits per heavy atom. The maximum Gasteiger partial charge on any atom is 0.0952 e. The van der Waals surface area contributed by atoms with Crippen molar-refractivity contribution in [2.24, 2.45) is 0 Å². The molecule has 0 saturated carbocycles. The number of nitrogens with zero attached hydrogens (tertiary/aromatic N) is 3. The summed E-state index contributed by atoms with van der Waals surface area (Å²) in [5.74, 6) is 0. The Hall–Kier alpha value is -0.870. The molecule has 0 bridgehead atoms. The highest BCUT2D eigenvalue weighted by Gasteiger charge is 2.22. The number of hydrogen-bond donors (Lipinski definition) is 1. The summed E-state index contributed by atoms with van der Waals surface area (Å²) in [6.45, 7) is 4.42. The van der Waals surface area contributed by atoms with Crippen LogP contribution >= 0.6 is 0 Å². The molecule has 2 aliphatic heterocycles. The van der Waals surface area contributed by atoms with Crippen molar-refractivity contribution in [3.05, 3.63) is 17.7 Å². The molecule has 1 saturated heterocycles. The molecule has 1 unspecified atom stereocenters. The van der Waals surface area contributed by atoms with Crippen molar-refractivity contribution in [2.75, 3.05) is 20.1 Å². The van der Waals surface area contributed by atoms with Crippen LogP contribution in [0.25, 0.3) is 0 Å². The topological polar surface area (TPSA) is 33.1 Å². The zero-order chi connectivity index (χ0) is 11.7. The third kappa shape index (κ3) is 2.24. The molecule has 4 nitrogen and oxygen atoms in total. The molecule has 1 aromatic heterocycles. The molecule has 0 radical (unpaired) electrons. The van der Waals surface area contributed by atoms with E-state index < -0.39 is 0 Å². The van der Waals surface area contributed by atoms with Gasteiger partial charge in [-0.2, -0.15) is 0 Å². The van der Waals surface area contributed by atoms with Gasteiger partial charge in [0, 0.05) is 37.8 Å². The lowest BCUT2D eigenvalue weighted by molar-refractivity contribution is 0.166. The summed E-state index contributed by atoms with van der Waals surface area (Å²) in [5.41, 5.74) is 2.72. The van der Waals surface area contributed by atoms with Crippen LogP contribution in [0.1, 0.15) is 30.7 Å². The second-order valence-electron chi connectivity index (χ2n) is 5.35. The first-order valence-corrected chi connectivity index (χ1v) is 6.78. The van der Waals surface area contributed by atoms with Crippen molar-refractivity contribution in [3.8, 4) is 0 Å². The van der Waals surface area contributed by atoms with Crippen molar-refractivity contribution >= 4 is 0 Å². The molecule has 4 heteroatoms. The molecule has 1 fully saturated rings. The van der Waals surface area contributed by atoms with Gasteiger partial charge in [-0.15, -0.1) is 0 Å². The van der Waals surface area contributed by atoms with E-state index in [1.165, 1.54) is 37.2 Å². The van der Waals surface area contributed by atoms with Crippen LogP contribution in [0.4, 0.5) is 0 Å². The molecule has 1 aromatic rings. The Morgan fingerprint density at radius 3 is 3.29 bits per heavy atom. The van der Waals surface area contributed by atoms with Crippen LogP contribution in [0.3, 0.4) is 0 Å². The largest absolute Gasteiger partial charge is 0.333 e. The lowest BCUT2D eigenvalue weighted by Gasteiger charge is -2.33. The summed E-state index contributed by atoms with van der Waals surface area (Å²) in [7, 11) is 2.26. The Kier molecular flexibility index (Phi) is 3.16. The SMILES string of the molecule is CN1CCCCC1Cn1cnc2c1CCNC2. The van der Waals surface area contributed by atoms with E-state index in [1.807, 2.05) is 6.33 Å². The molecule has 1 N–H and O–H groups in total. The predicted molar refractivity (Wildman–Crippen MR) is 67.9 cm³/mol. The van der Waals surface area contributed by atoms with Gasteiger partial charge < -0.3 is 14.8 Å². The molecule has 0 aliphatic carbocycles. The van der Waals surface area contributed by atoms with Gasteiger partial charge in [-0.25, -0.2) is 4.98 Å². The van der Waals surface area contributed by atoms with Crippen LogP contribution in [-0.4, -0.2) is 40.6 Å². The lowest BCUT2D eigenvalue weighted by Crippen LogP contribution is -2.39. The molecule has 94 valence electrons. The number of nitrogens with one attached hydrogen (secondary N) is 1. The Bertz CT molecular complexity index is 385. The Morgan fingerprint density at radius 1 is 1.47 bits per heavy atom. The van der Waals surface area contributed by atoms with E-state index in [-0.39, 0.29) is 0 Å². The molecule has 3 rings (SSSR count). The zero-order valence-electron chi connectivity index (χ0n) is 10.7. The first-order chi connectivity index (χ1) is 8.34. The van der Waals surface area contributed by atoms with Crippen LogP contribution in [0.5, 0.6) is 0 Å². The number of imidazole rings is 1. The first-order valence-electron chi connectivity index (χ1n) is 6.78. The van der Waals surface area contributed by atoms with Gasteiger partial charge >= 0.3 is 0 Å². The van der Waals surface area contributed by atoms with Gasteiger partial charge in [-0.05, 0) is 26.4 Å². The van der Waals surface area contributed by atoms with E-state index in [4.69, 9.17) is 0 Å². The van der Waals surface area contributed by atoms with Crippen LogP contribution in [0, 0.1) is 0 Å². The number of fused-ring (bicyclic) bond motifs is 1. The van der Waals surface area contributed by atoms with Gasteiger partial charge in [-0.3, -0.25) is 0 Å². The quantitative estimate of drug-likeness (QED) is 0.829. The van der Waals surface area contributed by atoms with Crippen LogP contribution < -0.4 is 5.32 Å². The van der Waals surface area contributed by atoms with E-state index in [0.717, 1.165) is 26.1 Å². The van der Waals surface area contributed by atoms with Gasteiger partial charge in [0.1, 0.15) is 0 Å². The molecular weight excluding hydrogens is 212 g/mol. The predicted octanol–water partition coefficient (Wildman–Crippen LogP) is 1.01. The molecule has 17 heavy (non-hydrogen) atoms. The van der Waals surface area contributed by atoms with Gasteiger partial charge in [0.05, 0.1) is 12.0 Å². The average molecular weight is 234 g/mol. The zero-order valence-corrected chi connectivity index (χ0v) is 10.7. The monoisotopic (exact) mass is 234 g/mol. The fourth-order valence-electron chi connectivity index (χ4n) is 3.06. The van der Waals surface area contributed by atoms with E-state index in [2.05, 4.69) is 26.8 Å². The van der Waals surface area contributed by atoms with Crippen LogP contribution in [0.15, 0.2) is 6.33 Å². The minimum absolute atomic E-state index is 0.705. The standard InChI is InChI=1S/C13H22N4/c1-16-7-3-2-4-11(16)9-17-10-15-12-8-14-6-5-13(12)17/h10-11,14H,2-9H2,1H3. The second-order valence-corrected chi connectivity index (χ2v) is 5.35. The molecule has 2 aliphatic rings. The third-order valence-corrected chi connectivity index (χ3v) is 4.19. The van der Waals surface area contributed by atoms with Gasteiger partial charge in [0.2, 0.25) is 0 Å². The third-order valence-electron chi connectivity index (χ3n) is 4.19. The van der Waals surface area contributed by atoms with E-state index in [9.17, 15) is 0 Å². The normalized spacial score (nSPS) is 25.8. The van der Waals surface area contributed by atoms with Crippen molar-refractivity contribution in [1.29, 1.82) is 0 Å². The van der Waals surface area contributed by atoms with Crippen molar-refractivity contribution in [2.45, 2.75) is 44.8 Å². The summed E-state index contributed by atoms with van der Waals surface area (Å²) in [6, 6.07) is 0.705. The number of hydrogen-bond acceptors (Lipinski definition) is 3. The van der Waals surface area contributed by atoms with E-state index >= 15 is 0 Å².